The van der Waals surface area contributed by atoms with E-state index in [1.54, 1.807) is 29.2 Å². The molecule has 1 fully saturated rings. The second-order valence-corrected chi connectivity index (χ2v) is 11.1. The van der Waals surface area contributed by atoms with Crippen LogP contribution >= 0.6 is 0 Å². The van der Waals surface area contributed by atoms with Crippen molar-refractivity contribution in [2.24, 2.45) is 11.7 Å². The van der Waals surface area contributed by atoms with E-state index in [1.807, 2.05) is 12.1 Å². The lowest BCUT2D eigenvalue weighted by Crippen LogP contribution is -2.51. The Hall–Kier alpha value is -4.03. The summed E-state index contributed by atoms with van der Waals surface area (Å²) in [6.45, 7) is 1.44. The highest BCUT2D eigenvalue weighted by Crippen LogP contribution is 2.22. The van der Waals surface area contributed by atoms with Gasteiger partial charge in [0.1, 0.15) is 6.04 Å². The Morgan fingerprint density at radius 2 is 1.84 bits per heavy atom. The maximum atomic E-state index is 13.4. The number of guanidine groups is 1. The lowest BCUT2D eigenvalue weighted by molar-refractivity contribution is -0.385. The first kappa shape index (κ1) is 27.0. The molecule has 1 aliphatic rings. The standard InChI is InChI=1S/C26H30N6O5S/c27-26(28)31-13-5-6-18(17-31)16-29-25(33)23(15-21-9-3-4-10-24(21)32(34)35)30-38(36,37)22-12-11-19-7-1-2-8-20(19)14-22/h1-4,7-12,14,18,23,30H,5-6,13,15-17H2,(H3,27,28)(H,29,33)/t18-,23-/m1/s1. The minimum absolute atomic E-state index is 0.0130. The molecule has 38 heavy (non-hydrogen) atoms. The van der Waals surface area contributed by atoms with E-state index in [1.165, 1.54) is 30.3 Å². The molecule has 1 aliphatic heterocycles. The van der Waals surface area contributed by atoms with Crippen LogP contribution in [0.15, 0.2) is 71.6 Å². The van der Waals surface area contributed by atoms with Crippen LogP contribution < -0.4 is 15.8 Å². The summed E-state index contributed by atoms with van der Waals surface area (Å²) in [4.78, 5) is 26.0. The first-order valence-electron chi connectivity index (χ1n) is 12.2. The molecule has 0 aliphatic carbocycles. The summed E-state index contributed by atoms with van der Waals surface area (Å²) in [7, 11) is -4.15. The second kappa shape index (κ2) is 11.6. The summed E-state index contributed by atoms with van der Waals surface area (Å²) < 4.78 is 29.2. The third-order valence-corrected chi connectivity index (χ3v) is 8.15. The van der Waals surface area contributed by atoms with Crippen LogP contribution in [0.3, 0.4) is 0 Å². The quantitative estimate of drug-likeness (QED) is 0.140. The second-order valence-electron chi connectivity index (χ2n) is 9.36. The zero-order valence-electron chi connectivity index (χ0n) is 20.7. The average Bonchev–Trinajstić information content (AvgIpc) is 2.91. The Labute approximate surface area is 220 Å². The molecular weight excluding hydrogens is 508 g/mol. The fourth-order valence-corrected chi connectivity index (χ4v) is 5.91. The molecule has 3 aromatic rings. The van der Waals surface area contributed by atoms with Crippen molar-refractivity contribution in [2.75, 3.05) is 19.6 Å². The lowest BCUT2D eigenvalue weighted by Gasteiger charge is -2.33. The van der Waals surface area contributed by atoms with Crippen LogP contribution in [0.2, 0.25) is 0 Å². The molecule has 1 amide bonds. The maximum Gasteiger partial charge on any atom is 0.272 e. The number of hydrogen-bond acceptors (Lipinski definition) is 6. The molecule has 3 aromatic carbocycles. The number of hydrogen-bond donors (Lipinski definition) is 4. The molecule has 0 aromatic heterocycles. The van der Waals surface area contributed by atoms with Crippen molar-refractivity contribution in [3.8, 4) is 0 Å². The number of nitrogens with zero attached hydrogens (tertiary/aromatic N) is 2. The Bertz CT molecular complexity index is 1460. The number of benzene rings is 3. The number of sulfonamides is 1. The zero-order valence-corrected chi connectivity index (χ0v) is 21.5. The van der Waals surface area contributed by atoms with Crippen molar-refractivity contribution in [3.63, 3.8) is 0 Å². The van der Waals surface area contributed by atoms with Gasteiger partial charge in [-0.15, -0.1) is 0 Å². The SMILES string of the molecule is N=C(N)N1CCC[C@H](CNC(=O)[C@@H](Cc2ccccc2[N+](=O)[O-])NS(=O)(=O)c2ccc3ccccc3c2)C1. The Kier molecular flexibility index (Phi) is 8.23. The molecular formula is C26H30N6O5S. The van der Waals surface area contributed by atoms with E-state index in [0.717, 1.165) is 23.6 Å². The number of nitrogens with two attached hydrogens (primary N) is 1. The number of nitro benzene ring substituents is 1. The van der Waals surface area contributed by atoms with Crippen molar-refractivity contribution < 1.29 is 18.1 Å². The first-order chi connectivity index (χ1) is 18.1. The minimum atomic E-state index is -4.15. The average molecular weight is 539 g/mol. The third kappa shape index (κ3) is 6.45. The number of carbonyl (C=O) groups is 1. The predicted molar refractivity (Wildman–Crippen MR) is 144 cm³/mol. The molecule has 0 saturated carbocycles. The summed E-state index contributed by atoms with van der Waals surface area (Å²) in [6.07, 6.45) is 1.43. The zero-order chi connectivity index (χ0) is 27.3. The van der Waals surface area contributed by atoms with E-state index in [4.69, 9.17) is 11.1 Å². The Balaban J connectivity index is 1.57. The number of fused-ring (bicyclic) bond motifs is 1. The van der Waals surface area contributed by atoms with Crippen molar-refractivity contribution >= 4 is 38.3 Å². The van der Waals surface area contributed by atoms with Gasteiger partial charge in [0, 0.05) is 37.7 Å². The van der Waals surface area contributed by atoms with Gasteiger partial charge in [-0.2, -0.15) is 4.72 Å². The van der Waals surface area contributed by atoms with E-state index in [9.17, 15) is 23.3 Å². The molecule has 1 heterocycles. The first-order valence-corrected chi connectivity index (χ1v) is 13.7. The number of nitro groups is 1. The van der Waals surface area contributed by atoms with E-state index in [-0.39, 0.29) is 41.0 Å². The van der Waals surface area contributed by atoms with Crippen LogP contribution in [0.1, 0.15) is 18.4 Å². The van der Waals surface area contributed by atoms with Crippen LogP contribution in [0, 0.1) is 21.4 Å². The Morgan fingerprint density at radius 3 is 2.58 bits per heavy atom. The molecule has 0 bridgehead atoms. The lowest BCUT2D eigenvalue weighted by atomic mass is 9.98. The normalized spacial score (nSPS) is 16.6. The van der Waals surface area contributed by atoms with Gasteiger partial charge in [0.25, 0.3) is 5.69 Å². The number of piperidine rings is 1. The number of amides is 1. The number of nitrogens with one attached hydrogen (secondary N) is 3. The fourth-order valence-electron chi connectivity index (χ4n) is 4.68. The molecule has 4 rings (SSSR count). The van der Waals surface area contributed by atoms with Gasteiger partial charge in [0.05, 0.1) is 9.82 Å². The highest BCUT2D eigenvalue weighted by molar-refractivity contribution is 7.89. The fraction of sp³-hybridized carbons (Fsp3) is 0.308. The van der Waals surface area contributed by atoms with Gasteiger partial charge in [0.15, 0.2) is 5.96 Å². The van der Waals surface area contributed by atoms with Crippen LogP contribution in [0.4, 0.5) is 5.69 Å². The van der Waals surface area contributed by atoms with E-state index >= 15 is 0 Å². The molecule has 1 saturated heterocycles. The van der Waals surface area contributed by atoms with Crippen molar-refractivity contribution in [1.82, 2.24) is 14.9 Å². The summed E-state index contributed by atoms with van der Waals surface area (Å²) in [5, 5.41) is 23.6. The molecule has 0 spiro atoms. The van der Waals surface area contributed by atoms with E-state index in [2.05, 4.69) is 10.0 Å². The van der Waals surface area contributed by atoms with Crippen molar-refractivity contribution in [3.05, 3.63) is 82.4 Å². The largest absolute Gasteiger partial charge is 0.370 e. The van der Waals surface area contributed by atoms with Gasteiger partial charge in [-0.3, -0.25) is 20.3 Å². The minimum Gasteiger partial charge on any atom is -0.370 e. The smallest absolute Gasteiger partial charge is 0.272 e. The van der Waals surface area contributed by atoms with Gasteiger partial charge in [-0.05, 0) is 41.7 Å². The monoisotopic (exact) mass is 538 g/mol. The van der Waals surface area contributed by atoms with Crippen molar-refractivity contribution in [1.29, 1.82) is 5.41 Å². The maximum absolute atomic E-state index is 13.4. The number of rotatable bonds is 9. The van der Waals surface area contributed by atoms with Gasteiger partial charge in [-0.25, -0.2) is 8.42 Å². The van der Waals surface area contributed by atoms with Crippen molar-refractivity contribution in [2.45, 2.75) is 30.2 Å². The highest BCUT2D eigenvalue weighted by atomic mass is 32.2. The molecule has 0 radical (unpaired) electrons. The molecule has 0 unspecified atom stereocenters. The number of likely N-dealkylation sites (tertiary alicyclic amines) is 1. The highest BCUT2D eigenvalue weighted by Gasteiger charge is 2.30. The summed E-state index contributed by atoms with van der Waals surface area (Å²) >= 11 is 0. The molecule has 2 atom stereocenters. The Morgan fingerprint density at radius 1 is 1.13 bits per heavy atom. The summed E-state index contributed by atoms with van der Waals surface area (Å²) in [5.41, 5.74) is 5.65. The summed E-state index contributed by atoms with van der Waals surface area (Å²) in [6, 6.07) is 16.6. The molecule has 200 valence electrons. The molecule has 11 nitrogen and oxygen atoms in total. The number of carbonyl (C=O) groups excluding carboxylic acids is 1. The van der Waals surface area contributed by atoms with E-state index < -0.39 is 26.9 Å². The van der Waals surface area contributed by atoms with Gasteiger partial charge >= 0.3 is 0 Å². The van der Waals surface area contributed by atoms with Gasteiger partial charge in [0.2, 0.25) is 15.9 Å². The van der Waals surface area contributed by atoms with Crippen LogP contribution in [0.5, 0.6) is 0 Å². The molecule has 12 heteroatoms. The van der Waals surface area contributed by atoms with Crippen LogP contribution in [0.25, 0.3) is 10.8 Å². The van der Waals surface area contributed by atoms with E-state index in [0.29, 0.717) is 13.1 Å². The van der Waals surface area contributed by atoms with Crippen LogP contribution in [-0.4, -0.2) is 55.8 Å². The van der Waals surface area contributed by atoms with Gasteiger partial charge in [-0.1, -0.05) is 48.5 Å². The topological polar surface area (TPSA) is 172 Å². The van der Waals surface area contributed by atoms with Gasteiger partial charge < -0.3 is 16.0 Å². The third-order valence-electron chi connectivity index (χ3n) is 6.68. The van der Waals surface area contributed by atoms with Crippen LogP contribution in [-0.2, 0) is 21.2 Å². The summed E-state index contributed by atoms with van der Waals surface area (Å²) in [5.74, 6) is -0.591. The number of para-hydroxylation sites is 1. The molecule has 5 N–H and O–H groups in total. The predicted octanol–water partition coefficient (Wildman–Crippen LogP) is 2.36.